The molecular formula is C16H17Cl2NO. The zero-order valence-corrected chi connectivity index (χ0v) is 12.8. The molecule has 106 valence electrons. The van der Waals surface area contributed by atoms with Crippen molar-refractivity contribution in [3.63, 3.8) is 0 Å². The topological polar surface area (TPSA) is 21.3 Å². The standard InChI is InChI=1S/C16H17Cl2NO/c1-2-19-10-12-5-3-4-6-13(12)11-20-16-8-14(17)7-15(18)9-16/h3-9,19H,2,10-11H2,1H3. The van der Waals surface area contributed by atoms with E-state index in [2.05, 4.69) is 24.4 Å². The van der Waals surface area contributed by atoms with Gasteiger partial charge in [-0.2, -0.15) is 0 Å². The Morgan fingerprint density at radius 2 is 1.65 bits per heavy atom. The second kappa shape index (κ2) is 7.53. The summed E-state index contributed by atoms with van der Waals surface area (Å²) in [6.07, 6.45) is 0. The lowest BCUT2D eigenvalue weighted by Crippen LogP contribution is -2.13. The van der Waals surface area contributed by atoms with Crippen molar-refractivity contribution in [2.24, 2.45) is 0 Å². The van der Waals surface area contributed by atoms with Crippen molar-refractivity contribution < 1.29 is 4.74 Å². The van der Waals surface area contributed by atoms with E-state index < -0.39 is 0 Å². The van der Waals surface area contributed by atoms with Gasteiger partial charge in [0.1, 0.15) is 12.4 Å². The Morgan fingerprint density at radius 3 is 2.30 bits per heavy atom. The average Bonchev–Trinajstić information content (AvgIpc) is 2.43. The van der Waals surface area contributed by atoms with Crippen LogP contribution >= 0.6 is 23.2 Å². The second-order valence-electron chi connectivity index (χ2n) is 4.44. The molecule has 0 bridgehead atoms. The van der Waals surface area contributed by atoms with E-state index in [4.69, 9.17) is 27.9 Å². The van der Waals surface area contributed by atoms with Gasteiger partial charge in [0.2, 0.25) is 0 Å². The third-order valence-corrected chi connectivity index (χ3v) is 3.35. The molecule has 0 atom stereocenters. The van der Waals surface area contributed by atoms with Gasteiger partial charge in [0.15, 0.2) is 0 Å². The maximum Gasteiger partial charge on any atom is 0.122 e. The lowest BCUT2D eigenvalue weighted by Gasteiger charge is -2.12. The first-order valence-electron chi connectivity index (χ1n) is 6.55. The summed E-state index contributed by atoms with van der Waals surface area (Å²) < 4.78 is 5.78. The molecule has 2 aromatic carbocycles. The molecule has 1 N–H and O–H groups in total. The number of halogens is 2. The highest BCUT2D eigenvalue weighted by Crippen LogP contribution is 2.25. The number of hydrogen-bond acceptors (Lipinski definition) is 2. The van der Waals surface area contributed by atoms with E-state index in [1.54, 1.807) is 18.2 Å². The second-order valence-corrected chi connectivity index (χ2v) is 5.32. The molecule has 0 aromatic heterocycles. The van der Waals surface area contributed by atoms with Gasteiger partial charge < -0.3 is 10.1 Å². The first-order chi connectivity index (χ1) is 9.69. The molecule has 20 heavy (non-hydrogen) atoms. The minimum atomic E-state index is 0.498. The highest BCUT2D eigenvalue weighted by atomic mass is 35.5. The summed E-state index contributed by atoms with van der Waals surface area (Å²) in [5.41, 5.74) is 2.40. The van der Waals surface area contributed by atoms with Gasteiger partial charge in [-0.3, -0.25) is 0 Å². The number of hydrogen-bond donors (Lipinski definition) is 1. The molecule has 0 fully saturated rings. The van der Waals surface area contributed by atoms with Gasteiger partial charge in [-0.05, 0) is 35.9 Å². The van der Waals surface area contributed by atoms with Crippen LogP contribution in [0.2, 0.25) is 10.0 Å². The average molecular weight is 310 g/mol. The molecule has 2 nitrogen and oxygen atoms in total. The van der Waals surface area contributed by atoms with Gasteiger partial charge in [-0.1, -0.05) is 54.4 Å². The molecule has 0 saturated carbocycles. The molecule has 0 radical (unpaired) electrons. The fraction of sp³-hybridized carbons (Fsp3) is 0.250. The van der Waals surface area contributed by atoms with E-state index in [-0.39, 0.29) is 0 Å². The van der Waals surface area contributed by atoms with Crippen LogP contribution in [0.5, 0.6) is 5.75 Å². The Labute approximate surface area is 129 Å². The minimum absolute atomic E-state index is 0.498. The third kappa shape index (κ3) is 4.41. The predicted octanol–water partition coefficient (Wildman–Crippen LogP) is 4.68. The van der Waals surface area contributed by atoms with E-state index in [0.717, 1.165) is 18.7 Å². The van der Waals surface area contributed by atoms with Crippen molar-refractivity contribution in [3.05, 3.63) is 63.6 Å². The predicted molar refractivity (Wildman–Crippen MR) is 84.6 cm³/mol. The summed E-state index contributed by atoms with van der Waals surface area (Å²) in [6, 6.07) is 13.4. The smallest absolute Gasteiger partial charge is 0.122 e. The van der Waals surface area contributed by atoms with Crippen molar-refractivity contribution >= 4 is 23.2 Å². The van der Waals surface area contributed by atoms with E-state index in [0.29, 0.717) is 22.4 Å². The molecule has 4 heteroatoms. The van der Waals surface area contributed by atoms with Gasteiger partial charge >= 0.3 is 0 Å². The Bertz CT molecular complexity index is 552. The van der Waals surface area contributed by atoms with E-state index in [1.165, 1.54) is 5.56 Å². The van der Waals surface area contributed by atoms with Crippen molar-refractivity contribution in [1.29, 1.82) is 0 Å². The number of rotatable bonds is 6. The molecule has 0 unspecified atom stereocenters. The van der Waals surface area contributed by atoms with E-state index in [1.807, 2.05) is 12.1 Å². The third-order valence-electron chi connectivity index (χ3n) is 2.91. The van der Waals surface area contributed by atoms with Gasteiger partial charge in [0, 0.05) is 16.6 Å². The maximum atomic E-state index is 5.96. The quantitative estimate of drug-likeness (QED) is 0.836. The van der Waals surface area contributed by atoms with Crippen LogP contribution in [0, 0.1) is 0 Å². The molecule has 0 heterocycles. The minimum Gasteiger partial charge on any atom is -0.489 e. The van der Waals surface area contributed by atoms with Gasteiger partial charge in [-0.25, -0.2) is 0 Å². The highest BCUT2D eigenvalue weighted by Gasteiger charge is 2.04. The van der Waals surface area contributed by atoms with Crippen LogP contribution in [0.1, 0.15) is 18.1 Å². The lowest BCUT2D eigenvalue weighted by molar-refractivity contribution is 0.304. The van der Waals surface area contributed by atoms with E-state index >= 15 is 0 Å². The summed E-state index contributed by atoms with van der Waals surface area (Å²) >= 11 is 11.9. The molecule has 0 spiro atoms. The van der Waals surface area contributed by atoms with Crippen LogP contribution in [-0.2, 0) is 13.2 Å². The highest BCUT2D eigenvalue weighted by molar-refractivity contribution is 6.34. The number of ether oxygens (including phenoxy) is 1. The number of benzene rings is 2. The largest absolute Gasteiger partial charge is 0.489 e. The zero-order valence-electron chi connectivity index (χ0n) is 11.3. The fourth-order valence-electron chi connectivity index (χ4n) is 1.90. The normalized spacial score (nSPS) is 10.6. The van der Waals surface area contributed by atoms with Gasteiger partial charge in [0.25, 0.3) is 0 Å². The summed E-state index contributed by atoms with van der Waals surface area (Å²) in [6.45, 7) is 4.37. The van der Waals surface area contributed by atoms with Crippen molar-refractivity contribution in [2.75, 3.05) is 6.54 Å². The van der Waals surface area contributed by atoms with Gasteiger partial charge in [0.05, 0.1) is 0 Å². The van der Waals surface area contributed by atoms with Crippen LogP contribution in [0.3, 0.4) is 0 Å². The Kier molecular flexibility index (Phi) is 5.72. The van der Waals surface area contributed by atoms with Crippen molar-refractivity contribution in [3.8, 4) is 5.75 Å². The van der Waals surface area contributed by atoms with Crippen LogP contribution < -0.4 is 10.1 Å². The zero-order chi connectivity index (χ0) is 14.4. The SMILES string of the molecule is CCNCc1ccccc1COc1cc(Cl)cc(Cl)c1. The molecule has 0 aliphatic heterocycles. The molecule has 0 aliphatic rings. The molecule has 0 amide bonds. The number of nitrogens with one attached hydrogen (secondary N) is 1. The molecule has 0 aliphatic carbocycles. The summed E-state index contributed by atoms with van der Waals surface area (Å²) in [7, 11) is 0. The summed E-state index contributed by atoms with van der Waals surface area (Å²) in [5, 5.41) is 4.48. The van der Waals surface area contributed by atoms with Gasteiger partial charge in [-0.15, -0.1) is 0 Å². The maximum absolute atomic E-state index is 5.96. The summed E-state index contributed by atoms with van der Waals surface area (Å²) in [5.74, 6) is 0.681. The Hall–Kier alpha value is -1.22. The van der Waals surface area contributed by atoms with Crippen LogP contribution in [-0.4, -0.2) is 6.54 Å². The van der Waals surface area contributed by atoms with Crippen molar-refractivity contribution in [1.82, 2.24) is 5.32 Å². The van der Waals surface area contributed by atoms with Crippen LogP contribution in [0.25, 0.3) is 0 Å². The fourth-order valence-corrected chi connectivity index (χ4v) is 2.41. The molecule has 2 aromatic rings. The Balaban J connectivity index is 2.06. The van der Waals surface area contributed by atoms with Crippen LogP contribution in [0.4, 0.5) is 0 Å². The first-order valence-corrected chi connectivity index (χ1v) is 7.31. The molecule has 2 rings (SSSR count). The van der Waals surface area contributed by atoms with Crippen LogP contribution in [0.15, 0.2) is 42.5 Å². The van der Waals surface area contributed by atoms with E-state index in [9.17, 15) is 0 Å². The van der Waals surface area contributed by atoms with Crippen molar-refractivity contribution in [2.45, 2.75) is 20.1 Å². The monoisotopic (exact) mass is 309 g/mol. The Morgan fingerprint density at radius 1 is 1.00 bits per heavy atom. The summed E-state index contributed by atoms with van der Waals surface area (Å²) in [4.78, 5) is 0. The lowest BCUT2D eigenvalue weighted by atomic mass is 10.1. The first kappa shape index (κ1) is 15.2. The molecular weight excluding hydrogens is 293 g/mol. The molecule has 0 saturated heterocycles.